The van der Waals surface area contributed by atoms with Gasteiger partial charge in [0, 0.05) is 35.6 Å². The van der Waals surface area contributed by atoms with E-state index < -0.39 is 0 Å². The van der Waals surface area contributed by atoms with Crippen molar-refractivity contribution in [1.82, 2.24) is 14.8 Å². The maximum atomic E-state index is 12.2. The minimum atomic E-state index is -0.274. The normalized spacial score (nSPS) is 10.7. The van der Waals surface area contributed by atoms with E-state index in [-0.39, 0.29) is 6.03 Å². The summed E-state index contributed by atoms with van der Waals surface area (Å²) in [5.41, 5.74) is 5.58. The van der Waals surface area contributed by atoms with Crippen molar-refractivity contribution in [2.24, 2.45) is 7.05 Å². The Kier molecular flexibility index (Phi) is 4.30. The van der Waals surface area contributed by atoms with Gasteiger partial charge in [-0.25, -0.2) is 4.79 Å². The second-order valence-corrected chi connectivity index (χ2v) is 6.41. The second-order valence-electron chi connectivity index (χ2n) is 6.41. The highest BCUT2D eigenvalue weighted by Crippen LogP contribution is 2.28. The molecule has 2 aromatic heterocycles. The van der Waals surface area contributed by atoms with Crippen molar-refractivity contribution in [3.8, 4) is 11.1 Å². The van der Waals surface area contributed by atoms with Crippen LogP contribution in [-0.4, -0.2) is 20.8 Å². The number of benzene rings is 2. The molecule has 0 fully saturated rings. The Bertz CT molecular complexity index is 1120. The molecule has 4 rings (SSSR count). The van der Waals surface area contributed by atoms with Crippen LogP contribution >= 0.6 is 0 Å². The van der Waals surface area contributed by atoms with Gasteiger partial charge in [0.05, 0.1) is 17.9 Å². The van der Waals surface area contributed by atoms with Crippen LogP contribution in [0.25, 0.3) is 22.0 Å². The lowest BCUT2D eigenvalue weighted by atomic mass is 10.0. The van der Waals surface area contributed by atoms with Crippen LogP contribution in [0, 0.1) is 6.92 Å². The number of pyridine rings is 1. The number of amides is 2. The second kappa shape index (κ2) is 6.92. The molecule has 0 radical (unpaired) electrons. The smallest absolute Gasteiger partial charge is 0.308 e. The van der Waals surface area contributed by atoms with E-state index in [9.17, 15) is 4.79 Å². The van der Waals surface area contributed by atoms with Gasteiger partial charge in [0.25, 0.3) is 0 Å². The Morgan fingerprint density at radius 1 is 0.963 bits per heavy atom. The van der Waals surface area contributed by atoms with E-state index in [4.69, 9.17) is 0 Å². The van der Waals surface area contributed by atoms with Crippen LogP contribution in [0.15, 0.2) is 67.1 Å². The fraction of sp³-hybridized carbons (Fsp3) is 0.0952. The molecule has 6 nitrogen and oxygen atoms in total. The van der Waals surface area contributed by atoms with E-state index in [0.29, 0.717) is 0 Å². The molecule has 134 valence electrons. The first-order valence-corrected chi connectivity index (χ1v) is 8.61. The number of rotatable bonds is 3. The third-order valence-electron chi connectivity index (χ3n) is 4.40. The SMILES string of the molecule is Cc1cccc(NC(=O)Nc2ccc(-c3cncc4c3cnn4C)cc2)c1. The van der Waals surface area contributed by atoms with E-state index in [2.05, 4.69) is 20.7 Å². The number of hydrogen-bond acceptors (Lipinski definition) is 3. The molecule has 27 heavy (non-hydrogen) atoms. The lowest BCUT2D eigenvalue weighted by molar-refractivity contribution is 0.262. The number of nitrogens with one attached hydrogen (secondary N) is 2. The average molecular weight is 357 g/mol. The van der Waals surface area contributed by atoms with E-state index in [0.717, 1.165) is 39.0 Å². The molecule has 0 spiro atoms. The predicted molar refractivity (Wildman–Crippen MR) is 108 cm³/mol. The maximum absolute atomic E-state index is 12.2. The van der Waals surface area contributed by atoms with Crippen molar-refractivity contribution >= 4 is 28.3 Å². The third kappa shape index (κ3) is 3.50. The van der Waals surface area contributed by atoms with Crippen LogP contribution in [0.3, 0.4) is 0 Å². The van der Waals surface area contributed by atoms with Crippen molar-refractivity contribution in [3.05, 3.63) is 72.7 Å². The van der Waals surface area contributed by atoms with Crippen LogP contribution in [0.1, 0.15) is 5.56 Å². The number of nitrogens with zero attached hydrogens (tertiary/aromatic N) is 3. The van der Waals surface area contributed by atoms with Gasteiger partial charge in [-0.1, -0.05) is 24.3 Å². The van der Waals surface area contributed by atoms with Gasteiger partial charge in [0.15, 0.2) is 0 Å². The highest BCUT2D eigenvalue weighted by molar-refractivity contribution is 6.00. The van der Waals surface area contributed by atoms with E-state index >= 15 is 0 Å². The molecule has 2 N–H and O–H groups in total. The van der Waals surface area contributed by atoms with E-state index in [1.165, 1.54) is 0 Å². The third-order valence-corrected chi connectivity index (χ3v) is 4.40. The highest BCUT2D eigenvalue weighted by Gasteiger charge is 2.08. The molecule has 0 saturated heterocycles. The number of anilines is 2. The summed E-state index contributed by atoms with van der Waals surface area (Å²) < 4.78 is 1.80. The van der Waals surface area contributed by atoms with Crippen LogP contribution in [-0.2, 0) is 7.05 Å². The monoisotopic (exact) mass is 357 g/mol. The number of urea groups is 1. The Labute approximate surface area is 156 Å². The van der Waals surface area contributed by atoms with Gasteiger partial charge in [0.1, 0.15) is 0 Å². The molecule has 6 heteroatoms. The largest absolute Gasteiger partial charge is 0.323 e. The topological polar surface area (TPSA) is 71.8 Å². The molecule has 2 heterocycles. The summed E-state index contributed by atoms with van der Waals surface area (Å²) >= 11 is 0. The van der Waals surface area contributed by atoms with Gasteiger partial charge < -0.3 is 10.6 Å². The molecule has 0 unspecified atom stereocenters. The van der Waals surface area contributed by atoms with Crippen molar-refractivity contribution in [3.63, 3.8) is 0 Å². The molecule has 2 aromatic carbocycles. The highest BCUT2D eigenvalue weighted by atomic mass is 16.2. The average Bonchev–Trinajstić information content (AvgIpc) is 3.04. The number of carbonyl (C=O) groups is 1. The molecule has 0 aliphatic rings. The maximum Gasteiger partial charge on any atom is 0.323 e. The minimum Gasteiger partial charge on any atom is -0.308 e. The summed E-state index contributed by atoms with van der Waals surface area (Å²) in [6, 6.07) is 15.1. The first kappa shape index (κ1) is 16.8. The van der Waals surface area contributed by atoms with Crippen molar-refractivity contribution < 1.29 is 4.79 Å². The zero-order chi connectivity index (χ0) is 18.8. The minimum absolute atomic E-state index is 0.274. The Morgan fingerprint density at radius 3 is 2.52 bits per heavy atom. The summed E-state index contributed by atoms with van der Waals surface area (Å²) in [6.07, 6.45) is 5.47. The number of hydrogen-bond donors (Lipinski definition) is 2. The zero-order valence-corrected chi connectivity index (χ0v) is 15.1. The molecule has 0 bridgehead atoms. The lowest BCUT2D eigenvalue weighted by Gasteiger charge is -2.09. The van der Waals surface area contributed by atoms with Crippen molar-refractivity contribution in [2.45, 2.75) is 6.92 Å². The predicted octanol–water partition coefficient (Wildman–Crippen LogP) is 4.59. The Balaban J connectivity index is 1.51. The molecule has 0 aliphatic carbocycles. The van der Waals surface area contributed by atoms with Crippen LogP contribution in [0.4, 0.5) is 16.2 Å². The van der Waals surface area contributed by atoms with Gasteiger partial charge in [-0.2, -0.15) is 5.10 Å². The molecule has 0 saturated carbocycles. The first-order chi connectivity index (χ1) is 13.1. The number of fused-ring (bicyclic) bond motifs is 1. The van der Waals surface area contributed by atoms with Crippen LogP contribution in [0.2, 0.25) is 0 Å². The van der Waals surface area contributed by atoms with Gasteiger partial charge >= 0.3 is 6.03 Å². The molecule has 0 aliphatic heterocycles. The Hall–Kier alpha value is -3.67. The number of aromatic nitrogens is 3. The number of carbonyl (C=O) groups excluding carboxylic acids is 1. The van der Waals surface area contributed by atoms with Gasteiger partial charge in [-0.05, 0) is 42.3 Å². The Morgan fingerprint density at radius 2 is 1.74 bits per heavy atom. The first-order valence-electron chi connectivity index (χ1n) is 8.61. The summed E-state index contributed by atoms with van der Waals surface area (Å²) in [5, 5.41) is 11.0. The van der Waals surface area contributed by atoms with Crippen LogP contribution in [0.5, 0.6) is 0 Å². The zero-order valence-electron chi connectivity index (χ0n) is 15.1. The summed E-state index contributed by atoms with van der Waals surface area (Å²) in [5.74, 6) is 0. The summed E-state index contributed by atoms with van der Waals surface area (Å²) in [6.45, 7) is 1.99. The van der Waals surface area contributed by atoms with Crippen LogP contribution < -0.4 is 10.6 Å². The standard InChI is InChI=1S/C21H19N5O/c1-14-4-3-5-17(10-14)25-21(27)24-16-8-6-15(7-9-16)18-11-22-13-20-19(18)12-23-26(20)2/h3-13H,1-2H3,(H2,24,25,27). The van der Waals surface area contributed by atoms with Gasteiger partial charge in [-0.15, -0.1) is 0 Å². The molecule has 4 aromatic rings. The van der Waals surface area contributed by atoms with Crippen molar-refractivity contribution in [1.29, 1.82) is 0 Å². The van der Waals surface area contributed by atoms with Crippen molar-refractivity contribution in [2.75, 3.05) is 10.6 Å². The number of aryl methyl sites for hydroxylation is 2. The molecular formula is C21H19N5O. The fourth-order valence-corrected chi connectivity index (χ4v) is 3.04. The fourth-order valence-electron chi connectivity index (χ4n) is 3.04. The van der Waals surface area contributed by atoms with E-state index in [1.807, 2.05) is 74.9 Å². The summed E-state index contributed by atoms with van der Waals surface area (Å²) in [7, 11) is 1.90. The van der Waals surface area contributed by atoms with E-state index in [1.54, 1.807) is 10.9 Å². The lowest BCUT2D eigenvalue weighted by Crippen LogP contribution is -2.19. The molecule has 0 atom stereocenters. The molecular weight excluding hydrogens is 338 g/mol. The van der Waals surface area contributed by atoms with Gasteiger partial charge in [-0.3, -0.25) is 9.67 Å². The quantitative estimate of drug-likeness (QED) is 0.563. The van der Waals surface area contributed by atoms with Gasteiger partial charge in [0.2, 0.25) is 0 Å². The summed E-state index contributed by atoms with van der Waals surface area (Å²) in [4.78, 5) is 16.5. The molecule has 2 amide bonds.